The fourth-order valence-corrected chi connectivity index (χ4v) is 3.68. The molecule has 0 spiro atoms. The van der Waals surface area contributed by atoms with E-state index in [4.69, 9.17) is 39.3 Å². The van der Waals surface area contributed by atoms with E-state index in [1.54, 1.807) is 10.9 Å². The van der Waals surface area contributed by atoms with E-state index >= 15 is 0 Å². The van der Waals surface area contributed by atoms with E-state index < -0.39 is 23.9 Å². The number of aliphatic hydroxyl groups excluding tert-OH is 3. The average molecular weight is 594 g/mol. The zero-order valence-electron chi connectivity index (χ0n) is 24.7. The van der Waals surface area contributed by atoms with Crippen LogP contribution in [0.5, 0.6) is 0 Å². The summed E-state index contributed by atoms with van der Waals surface area (Å²) in [6.07, 6.45) is 1.13. The van der Waals surface area contributed by atoms with E-state index in [1.807, 2.05) is 13.8 Å². The Kier molecular flexibility index (Phi) is 20.7. The maximum atomic E-state index is 11.9. The molecule has 6 N–H and O–H groups in total. The Balaban J connectivity index is 0.00000411. The van der Waals surface area contributed by atoms with Crippen LogP contribution in [0.4, 0.5) is 0 Å². The lowest BCUT2D eigenvalue weighted by molar-refractivity contribution is -0.156. The molecule has 1 fully saturated rings. The smallest absolute Gasteiger partial charge is 0.220 e. The van der Waals surface area contributed by atoms with Crippen LogP contribution in [0.3, 0.4) is 0 Å². The van der Waals surface area contributed by atoms with Crippen molar-refractivity contribution < 1.29 is 48.5 Å². The van der Waals surface area contributed by atoms with E-state index in [2.05, 4.69) is 15.6 Å². The van der Waals surface area contributed by atoms with Gasteiger partial charge in [-0.25, -0.2) is 4.68 Å². The second-order valence-corrected chi connectivity index (χ2v) is 9.96. The first-order valence-electron chi connectivity index (χ1n) is 14.0. The van der Waals surface area contributed by atoms with Crippen molar-refractivity contribution in [2.45, 2.75) is 70.1 Å². The molecule has 1 aromatic heterocycles. The predicted octanol–water partition coefficient (Wildman–Crippen LogP) is -1.39. The van der Waals surface area contributed by atoms with Gasteiger partial charge in [-0.05, 0) is 33.2 Å². The summed E-state index contributed by atoms with van der Waals surface area (Å²) < 4.78 is 34.7. The molecule has 0 aliphatic carbocycles. The molecule has 0 saturated carbocycles. The average Bonchev–Trinajstić information content (AvgIpc) is 3.40. The van der Waals surface area contributed by atoms with Crippen LogP contribution in [0, 0.1) is 0 Å². The van der Waals surface area contributed by atoms with Crippen molar-refractivity contribution in [3.63, 3.8) is 0 Å². The van der Waals surface area contributed by atoms with Crippen molar-refractivity contribution in [3.8, 4) is 0 Å². The maximum absolute atomic E-state index is 11.9. The van der Waals surface area contributed by atoms with Gasteiger partial charge >= 0.3 is 0 Å². The lowest BCUT2D eigenvalue weighted by Gasteiger charge is -2.31. The highest BCUT2D eigenvalue weighted by atomic mass is 16.6. The van der Waals surface area contributed by atoms with Gasteiger partial charge in [0.05, 0.1) is 90.5 Å². The first-order chi connectivity index (χ1) is 19.8. The van der Waals surface area contributed by atoms with Crippen LogP contribution in [-0.2, 0) is 46.4 Å². The van der Waals surface area contributed by atoms with Crippen molar-refractivity contribution in [2.24, 2.45) is 5.73 Å². The summed E-state index contributed by atoms with van der Waals surface area (Å²) in [5.74, 6) is -0.0356. The number of amides is 1. The highest BCUT2D eigenvalue weighted by Crippen LogP contribution is 2.15. The van der Waals surface area contributed by atoms with Crippen molar-refractivity contribution in [3.05, 3.63) is 11.9 Å². The SMILES string of the molecule is CC(C)(COCc1cn(CCOCCOCCOCCOCC2OCCC(O)C2O)nn1)NC(=O)CCCN.CO. The molecule has 2 heterocycles. The molecule has 1 aliphatic heterocycles. The minimum atomic E-state index is -0.916. The number of ether oxygens (including phenoxy) is 6. The number of nitrogens with zero attached hydrogens (tertiary/aromatic N) is 3. The minimum Gasteiger partial charge on any atom is -0.400 e. The van der Waals surface area contributed by atoms with Gasteiger partial charge in [-0.3, -0.25) is 4.79 Å². The van der Waals surface area contributed by atoms with Crippen LogP contribution in [0.25, 0.3) is 0 Å². The number of hydrogen-bond donors (Lipinski definition) is 5. The lowest BCUT2D eigenvalue weighted by atomic mass is 10.0. The number of aromatic nitrogens is 3. The molecule has 41 heavy (non-hydrogen) atoms. The van der Waals surface area contributed by atoms with Gasteiger partial charge in [0.1, 0.15) is 17.9 Å². The molecule has 3 unspecified atom stereocenters. The van der Waals surface area contributed by atoms with Gasteiger partial charge in [-0.15, -0.1) is 5.10 Å². The van der Waals surface area contributed by atoms with Gasteiger partial charge in [-0.2, -0.15) is 0 Å². The molecule has 15 heteroatoms. The molecule has 15 nitrogen and oxygen atoms in total. The molecule has 0 radical (unpaired) electrons. The Bertz CT molecular complexity index is 786. The molecular formula is C26H51N5O10. The Morgan fingerprint density at radius 3 is 2.37 bits per heavy atom. The highest BCUT2D eigenvalue weighted by Gasteiger charge is 2.31. The highest BCUT2D eigenvalue weighted by molar-refractivity contribution is 5.76. The fourth-order valence-electron chi connectivity index (χ4n) is 3.68. The van der Waals surface area contributed by atoms with Crippen LogP contribution < -0.4 is 11.1 Å². The van der Waals surface area contributed by atoms with Gasteiger partial charge in [0, 0.05) is 20.1 Å². The Hall–Kier alpha value is -1.79. The Morgan fingerprint density at radius 1 is 1.07 bits per heavy atom. The fraction of sp³-hybridized carbons (Fsp3) is 0.885. The topological polar surface area (TPSA) is 202 Å². The number of carbonyl (C=O) groups excluding carboxylic acids is 1. The summed E-state index contributed by atoms with van der Waals surface area (Å²) in [6, 6.07) is 0. The van der Waals surface area contributed by atoms with Gasteiger partial charge in [0.25, 0.3) is 0 Å². The zero-order valence-corrected chi connectivity index (χ0v) is 24.7. The maximum Gasteiger partial charge on any atom is 0.220 e. The van der Waals surface area contributed by atoms with Gasteiger partial charge in [0.2, 0.25) is 5.91 Å². The van der Waals surface area contributed by atoms with Crippen LogP contribution in [-0.4, -0.2) is 140 Å². The normalized spacial score (nSPS) is 19.0. The van der Waals surface area contributed by atoms with Gasteiger partial charge < -0.3 is 54.8 Å². The number of rotatable bonds is 22. The number of aliphatic hydroxyl groups is 3. The number of hydrogen-bond acceptors (Lipinski definition) is 13. The van der Waals surface area contributed by atoms with E-state index in [0.29, 0.717) is 104 Å². The number of nitrogens with two attached hydrogens (primary N) is 1. The van der Waals surface area contributed by atoms with Crippen LogP contribution in [0.15, 0.2) is 6.20 Å². The largest absolute Gasteiger partial charge is 0.400 e. The van der Waals surface area contributed by atoms with E-state index in [1.165, 1.54) is 0 Å². The summed E-state index contributed by atoms with van der Waals surface area (Å²) in [7, 11) is 1.00. The first-order valence-corrected chi connectivity index (χ1v) is 14.0. The molecule has 1 aliphatic rings. The molecule has 2 rings (SSSR count). The lowest BCUT2D eigenvalue weighted by Crippen LogP contribution is -2.47. The third kappa shape index (κ3) is 17.7. The summed E-state index contributed by atoms with van der Waals surface area (Å²) >= 11 is 0. The summed E-state index contributed by atoms with van der Waals surface area (Å²) in [4.78, 5) is 11.9. The van der Waals surface area contributed by atoms with Crippen LogP contribution in [0.1, 0.15) is 38.8 Å². The van der Waals surface area contributed by atoms with Crippen molar-refractivity contribution in [1.29, 1.82) is 0 Å². The third-order valence-corrected chi connectivity index (χ3v) is 5.77. The summed E-state index contributed by atoms with van der Waals surface area (Å²) in [6.45, 7) is 9.17. The minimum absolute atomic E-state index is 0.0356. The molecule has 0 aromatic carbocycles. The van der Waals surface area contributed by atoms with Crippen molar-refractivity contribution in [2.75, 3.05) is 79.7 Å². The van der Waals surface area contributed by atoms with Gasteiger partial charge in [-0.1, -0.05) is 5.21 Å². The molecule has 240 valence electrons. The van der Waals surface area contributed by atoms with Crippen LogP contribution >= 0.6 is 0 Å². The summed E-state index contributed by atoms with van der Waals surface area (Å²) in [5.41, 5.74) is 5.65. The molecule has 1 saturated heterocycles. The third-order valence-electron chi connectivity index (χ3n) is 5.77. The molecular weight excluding hydrogens is 542 g/mol. The monoisotopic (exact) mass is 593 g/mol. The number of carbonyl (C=O) groups is 1. The van der Waals surface area contributed by atoms with E-state index in [9.17, 15) is 15.0 Å². The quantitative estimate of drug-likeness (QED) is 0.0985. The zero-order chi connectivity index (χ0) is 30.3. The number of nitrogens with one attached hydrogen (secondary N) is 1. The van der Waals surface area contributed by atoms with Gasteiger partial charge in [0.15, 0.2) is 0 Å². The first kappa shape index (κ1) is 37.2. The molecule has 1 amide bonds. The summed E-state index contributed by atoms with van der Waals surface area (Å²) in [5, 5.41) is 37.6. The molecule has 1 aromatic rings. The Labute approximate surface area is 242 Å². The van der Waals surface area contributed by atoms with Crippen LogP contribution in [0.2, 0.25) is 0 Å². The van der Waals surface area contributed by atoms with Crippen molar-refractivity contribution >= 4 is 5.91 Å². The second-order valence-electron chi connectivity index (χ2n) is 9.96. The van der Waals surface area contributed by atoms with E-state index in [0.717, 1.165) is 7.11 Å². The predicted molar refractivity (Wildman–Crippen MR) is 148 cm³/mol. The molecule has 3 atom stereocenters. The van der Waals surface area contributed by atoms with Crippen molar-refractivity contribution in [1.82, 2.24) is 20.3 Å². The Morgan fingerprint density at radius 2 is 1.71 bits per heavy atom. The standard InChI is InChI=1S/C25H47N5O9.CH4O/c1-25(2,27-23(32)4-3-6-26)19-38-17-20-16-30(29-28-20)7-9-34-10-11-35-12-13-36-14-15-37-18-22-24(33)21(31)5-8-39-22;1-2/h16,21-22,24,31,33H,3-15,17-19,26H2,1-2H3,(H,27,32);2H,1H3. The molecule has 0 bridgehead atoms. The second kappa shape index (κ2) is 22.8. The van der Waals surface area contributed by atoms with E-state index in [-0.39, 0.29) is 12.5 Å².